The minimum atomic E-state index is -5.07. The molecule has 0 aliphatic carbocycles. The standard InChI is InChI=1S/C17H8Cl2F6N4O.C16H10F6N4O/c18-10-5-6-13(19)27-14(10)15(30)26-8-1-3-9(4-2-8)29-12(17(23,24)25)7-11(28-29)16(20,21)22;17-15(18,19)12-8-13(16(20,21)22)26(25-12)10-5-3-9(4-6-10)24-14(27)11-2-1-7-23-11/h1-7H,(H,26,30);1-8,23H,(H,24,27). The van der Waals surface area contributed by atoms with E-state index in [0.717, 1.165) is 24.3 Å². The third kappa shape index (κ3) is 10.2. The van der Waals surface area contributed by atoms with Crippen molar-refractivity contribution in [2.45, 2.75) is 24.7 Å². The van der Waals surface area contributed by atoms with Crippen LogP contribution < -0.4 is 10.6 Å². The van der Waals surface area contributed by atoms with Gasteiger partial charge in [-0.15, -0.1) is 0 Å². The number of aromatic amines is 1. The maximum atomic E-state index is 13.1. The van der Waals surface area contributed by atoms with Gasteiger partial charge >= 0.3 is 24.7 Å². The van der Waals surface area contributed by atoms with Gasteiger partial charge in [0.25, 0.3) is 11.8 Å². The fraction of sp³-hybridized carbons (Fsp3) is 0.121. The van der Waals surface area contributed by atoms with Crippen LogP contribution in [0.4, 0.5) is 64.1 Å². The number of carbonyl (C=O) groups excluding carboxylic acids is 2. The number of H-pyrrole nitrogens is 1. The molecular formula is C33H18Cl2F12N8O2. The van der Waals surface area contributed by atoms with E-state index in [-0.39, 0.29) is 65.8 Å². The van der Waals surface area contributed by atoms with Crippen LogP contribution in [-0.2, 0) is 24.7 Å². The number of nitrogens with one attached hydrogen (secondary N) is 3. The number of amides is 2. The number of pyridine rings is 1. The second kappa shape index (κ2) is 15.8. The van der Waals surface area contributed by atoms with Gasteiger partial charge in [0.15, 0.2) is 11.4 Å². The lowest BCUT2D eigenvalue weighted by Crippen LogP contribution is -2.15. The molecule has 4 aromatic heterocycles. The van der Waals surface area contributed by atoms with E-state index >= 15 is 0 Å². The van der Waals surface area contributed by atoms with Crippen molar-refractivity contribution < 1.29 is 62.3 Å². The van der Waals surface area contributed by atoms with E-state index < -0.39 is 59.3 Å². The summed E-state index contributed by atoms with van der Waals surface area (Å²) in [5.74, 6) is -1.23. The minimum absolute atomic E-state index is 0.0127. The molecule has 0 unspecified atom stereocenters. The van der Waals surface area contributed by atoms with Crippen molar-refractivity contribution in [3.63, 3.8) is 0 Å². The Bertz CT molecular complexity index is 2370. The fourth-order valence-corrected chi connectivity index (χ4v) is 4.99. The summed E-state index contributed by atoms with van der Waals surface area (Å²) in [7, 11) is 0. The van der Waals surface area contributed by atoms with Gasteiger partial charge in [0.2, 0.25) is 0 Å². The van der Waals surface area contributed by atoms with Crippen LogP contribution in [0.2, 0.25) is 10.2 Å². The van der Waals surface area contributed by atoms with Crippen LogP contribution in [0.1, 0.15) is 43.8 Å². The van der Waals surface area contributed by atoms with Crippen molar-refractivity contribution in [1.82, 2.24) is 29.5 Å². The van der Waals surface area contributed by atoms with Crippen LogP contribution in [0.3, 0.4) is 0 Å². The van der Waals surface area contributed by atoms with E-state index in [0.29, 0.717) is 0 Å². The van der Waals surface area contributed by atoms with Crippen LogP contribution in [-0.4, -0.2) is 41.3 Å². The van der Waals surface area contributed by atoms with Crippen molar-refractivity contribution in [3.05, 3.63) is 135 Å². The maximum absolute atomic E-state index is 13.1. The number of rotatable bonds is 6. The van der Waals surface area contributed by atoms with E-state index in [4.69, 9.17) is 23.2 Å². The van der Waals surface area contributed by atoms with Crippen LogP contribution >= 0.6 is 23.2 Å². The van der Waals surface area contributed by atoms with E-state index in [1.165, 1.54) is 48.7 Å². The normalized spacial score (nSPS) is 12.2. The summed E-state index contributed by atoms with van der Waals surface area (Å²) in [5.41, 5.74) is -6.58. The summed E-state index contributed by atoms with van der Waals surface area (Å²) in [5, 5.41) is 11.0. The van der Waals surface area contributed by atoms with Gasteiger partial charge in [-0.25, -0.2) is 14.3 Å². The first-order valence-electron chi connectivity index (χ1n) is 15.2. The lowest BCUT2D eigenvalue weighted by molar-refractivity contribution is -0.145. The number of anilines is 2. The topological polar surface area (TPSA) is 123 Å². The zero-order valence-electron chi connectivity index (χ0n) is 27.5. The number of alkyl halides is 12. The average molecular weight is 857 g/mol. The lowest BCUT2D eigenvalue weighted by Gasteiger charge is -2.11. The molecule has 6 aromatic rings. The van der Waals surface area contributed by atoms with Crippen molar-refractivity contribution in [1.29, 1.82) is 0 Å². The Kier molecular flexibility index (Phi) is 11.7. The predicted octanol–water partition coefficient (Wildman–Crippen LogP) is 10.4. The number of hydrogen-bond acceptors (Lipinski definition) is 5. The van der Waals surface area contributed by atoms with Gasteiger partial charge in [0.1, 0.15) is 27.9 Å². The minimum Gasteiger partial charge on any atom is -0.357 e. The highest BCUT2D eigenvalue weighted by atomic mass is 35.5. The second-order valence-corrected chi connectivity index (χ2v) is 12.0. The fourth-order valence-electron chi connectivity index (χ4n) is 4.65. The van der Waals surface area contributed by atoms with Gasteiger partial charge < -0.3 is 15.6 Å². The molecule has 0 atom stereocenters. The van der Waals surface area contributed by atoms with Crippen LogP contribution in [0.5, 0.6) is 0 Å². The van der Waals surface area contributed by atoms with E-state index in [1.54, 1.807) is 6.07 Å². The number of hydrogen-bond donors (Lipinski definition) is 3. The Labute approximate surface area is 320 Å². The quantitative estimate of drug-likeness (QED) is 0.114. The van der Waals surface area contributed by atoms with E-state index in [1.807, 2.05) is 0 Å². The first kappa shape index (κ1) is 42.1. The molecule has 2 amide bonds. The van der Waals surface area contributed by atoms with Gasteiger partial charge in [-0.05, 0) is 72.8 Å². The molecule has 0 spiro atoms. The molecule has 0 aliphatic heterocycles. The largest absolute Gasteiger partial charge is 0.435 e. The monoisotopic (exact) mass is 856 g/mol. The van der Waals surface area contributed by atoms with Gasteiger partial charge in [-0.3, -0.25) is 9.59 Å². The summed E-state index contributed by atoms with van der Waals surface area (Å²) in [6.07, 6.45) is -18.6. The van der Waals surface area contributed by atoms with Crippen LogP contribution in [0, 0.1) is 0 Å². The Morgan fingerprint density at radius 1 is 0.579 bits per heavy atom. The zero-order valence-corrected chi connectivity index (χ0v) is 29.0. The molecule has 0 saturated carbocycles. The van der Waals surface area contributed by atoms with E-state index in [9.17, 15) is 62.3 Å². The number of halogens is 14. The van der Waals surface area contributed by atoms with Gasteiger partial charge in [-0.2, -0.15) is 62.9 Å². The molecule has 4 heterocycles. The summed E-state index contributed by atoms with van der Waals surface area (Å²) < 4.78 is 155. The van der Waals surface area contributed by atoms with Crippen molar-refractivity contribution >= 4 is 46.4 Å². The molecule has 0 saturated heterocycles. The Morgan fingerprint density at radius 2 is 1.02 bits per heavy atom. The van der Waals surface area contributed by atoms with Crippen molar-refractivity contribution in [2.24, 2.45) is 0 Å². The number of carbonyl (C=O) groups is 2. The summed E-state index contributed by atoms with van der Waals surface area (Å²) >= 11 is 11.6. The Morgan fingerprint density at radius 3 is 1.40 bits per heavy atom. The molecule has 0 aliphatic rings. The van der Waals surface area contributed by atoms with E-state index in [2.05, 4.69) is 30.8 Å². The first-order chi connectivity index (χ1) is 26.4. The number of benzene rings is 2. The molecule has 0 radical (unpaired) electrons. The third-order valence-electron chi connectivity index (χ3n) is 7.19. The lowest BCUT2D eigenvalue weighted by atomic mass is 10.2. The van der Waals surface area contributed by atoms with Gasteiger partial charge in [0, 0.05) is 29.7 Å². The van der Waals surface area contributed by atoms with Crippen molar-refractivity contribution in [2.75, 3.05) is 10.6 Å². The molecule has 10 nitrogen and oxygen atoms in total. The highest BCUT2D eigenvalue weighted by molar-refractivity contribution is 6.35. The van der Waals surface area contributed by atoms with Crippen molar-refractivity contribution in [3.8, 4) is 11.4 Å². The number of nitrogens with zero attached hydrogens (tertiary/aromatic N) is 5. The summed E-state index contributed by atoms with van der Waals surface area (Å²) in [4.78, 5) is 30.6. The molecule has 6 rings (SSSR count). The molecule has 2 aromatic carbocycles. The van der Waals surface area contributed by atoms with Crippen LogP contribution in [0.25, 0.3) is 11.4 Å². The van der Waals surface area contributed by atoms with Crippen LogP contribution in [0.15, 0.2) is 91.1 Å². The molecule has 0 fully saturated rings. The predicted molar refractivity (Wildman–Crippen MR) is 178 cm³/mol. The molecular weight excluding hydrogens is 839 g/mol. The summed E-state index contributed by atoms with van der Waals surface area (Å²) in [6, 6.07) is 14.9. The zero-order chi connectivity index (χ0) is 42.1. The molecule has 0 bridgehead atoms. The second-order valence-electron chi connectivity index (χ2n) is 11.2. The SMILES string of the molecule is O=C(Nc1ccc(-n2nc(C(F)(F)F)cc2C(F)(F)F)cc1)c1ccc[nH]1.O=C(Nc1ccc(-n2nc(C(F)(F)F)cc2C(F)(F)F)cc1)c1nc(Cl)ccc1Cl. The molecule has 24 heteroatoms. The highest BCUT2D eigenvalue weighted by Gasteiger charge is 2.43. The molecule has 57 heavy (non-hydrogen) atoms. The molecule has 3 N–H and O–H groups in total. The molecule has 300 valence electrons. The maximum Gasteiger partial charge on any atom is 0.435 e. The smallest absolute Gasteiger partial charge is 0.357 e. The van der Waals surface area contributed by atoms with Gasteiger partial charge in [0.05, 0.1) is 16.4 Å². The average Bonchev–Trinajstić information content (AvgIpc) is 3.90. The Balaban J connectivity index is 0.000000219. The highest BCUT2D eigenvalue weighted by Crippen LogP contribution is 2.38. The number of aromatic nitrogens is 6. The Hall–Kier alpha value is -6.03. The van der Waals surface area contributed by atoms with Gasteiger partial charge in [-0.1, -0.05) is 23.2 Å². The summed E-state index contributed by atoms with van der Waals surface area (Å²) in [6.45, 7) is 0. The first-order valence-corrected chi connectivity index (χ1v) is 16.0. The third-order valence-corrected chi connectivity index (χ3v) is 7.71.